The van der Waals surface area contributed by atoms with Gasteiger partial charge in [0.15, 0.2) is 0 Å². The molecule has 0 atom stereocenters. The van der Waals surface area contributed by atoms with Crippen LogP contribution in [0.4, 0.5) is 5.95 Å². The Hall–Kier alpha value is -2.32. The molecule has 6 heteroatoms. The van der Waals surface area contributed by atoms with Crippen molar-refractivity contribution in [2.75, 3.05) is 12.4 Å². The lowest BCUT2D eigenvalue weighted by Crippen LogP contribution is -2.06. The molecule has 0 saturated heterocycles. The van der Waals surface area contributed by atoms with E-state index >= 15 is 0 Å². The molecule has 1 N–H and O–H groups in total. The van der Waals surface area contributed by atoms with Crippen molar-refractivity contribution in [3.05, 3.63) is 46.7 Å². The van der Waals surface area contributed by atoms with E-state index < -0.39 is 0 Å². The minimum Gasteiger partial charge on any atom is -0.496 e. The van der Waals surface area contributed by atoms with Crippen molar-refractivity contribution in [1.82, 2.24) is 9.97 Å². The van der Waals surface area contributed by atoms with E-state index in [9.17, 15) is 0 Å². The third kappa shape index (κ3) is 3.12. The zero-order chi connectivity index (χ0) is 13.7. The molecule has 0 spiro atoms. The van der Waals surface area contributed by atoms with Crippen LogP contribution in [0.3, 0.4) is 0 Å². The van der Waals surface area contributed by atoms with Crippen LogP contribution < -0.4 is 10.1 Å². The number of hydrogen-bond donors (Lipinski definition) is 1. The second-order valence-corrected chi connectivity index (χ2v) is 4.06. The summed E-state index contributed by atoms with van der Waals surface area (Å²) >= 11 is 6.12. The largest absolute Gasteiger partial charge is 0.496 e. The van der Waals surface area contributed by atoms with Crippen molar-refractivity contribution < 1.29 is 4.74 Å². The molecule has 0 fully saturated rings. The number of ether oxygens (including phenoxy) is 1. The van der Waals surface area contributed by atoms with E-state index in [0.717, 1.165) is 5.56 Å². The van der Waals surface area contributed by atoms with Crippen LogP contribution in [0.5, 0.6) is 5.75 Å². The van der Waals surface area contributed by atoms with Gasteiger partial charge in [-0.2, -0.15) is 5.26 Å². The number of anilines is 1. The van der Waals surface area contributed by atoms with Crippen molar-refractivity contribution in [2.45, 2.75) is 6.54 Å². The van der Waals surface area contributed by atoms with E-state index in [0.29, 0.717) is 29.0 Å². The monoisotopic (exact) mass is 274 g/mol. The highest BCUT2D eigenvalue weighted by Gasteiger charge is 2.08. The Morgan fingerprint density at radius 3 is 3.00 bits per heavy atom. The maximum Gasteiger partial charge on any atom is 0.224 e. The minimum atomic E-state index is 0.309. The summed E-state index contributed by atoms with van der Waals surface area (Å²) in [7, 11) is 1.59. The second kappa shape index (κ2) is 6.03. The minimum absolute atomic E-state index is 0.309. The highest BCUT2D eigenvalue weighted by atomic mass is 35.5. The molecule has 0 unspecified atom stereocenters. The fourth-order valence-corrected chi connectivity index (χ4v) is 1.81. The van der Waals surface area contributed by atoms with Crippen molar-refractivity contribution in [3.8, 4) is 11.8 Å². The van der Waals surface area contributed by atoms with Gasteiger partial charge in [0.1, 0.15) is 17.5 Å². The van der Waals surface area contributed by atoms with Gasteiger partial charge in [-0.15, -0.1) is 0 Å². The van der Waals surface area contributed by atoms with Crippen LogP contribution in [0.2, 0.25) is 5.02 Å². The molecule has 0 bridgehead atoms. The van der Waals surface area contributed by atoms with Gasteiger partial charge in [-0.1, -0.05) is 17.7 Å². The number of methoxy groups -OCH3 is 1. The summed E-state index contributed by atoms with van der Waals surface area (Å²) in [6.07, 6.45) is 1.53. The molecular weight excluding hydrogens is 264 g/mol. The van der Waals surface area contributed by atoms with Gasteiger partial charge in [0, 0.05) is 23.3 Å². The van der Waals surface area contributed by atoms with Gasteiger partial charge < -0.3 is 10.1 Å². The number of benzene rings is 1. The van der Waals surface area contributed by atoms with E-state index in [4.69, 9.17) is 21.6 Å². The van der Waals surface area contributed by atoms with E-state index in [1.165, 1.54) is 6.20 Å². The Morgan fingerprint density at radius 2 is 2.26 bits per heavy atom. The van der Waals surface area contributed by atoms with Gasteiger partial charge in [-0.25, -0.2) is 9.97 Å². The number of hydrogen-bond acceptors (Lipinski definition) is 5. The smallest absolute Gasteiger partial charge is 0.224 e. The quantitative estimate of drug-likeness (QED) is 0.928. The molecule has 1 aromatic carbocycles. The van der Waals surface area contributed by atoms with Crippen LogP contribution in [-0.2, 0) is 6.54 Å². The lowest BCUT2D eigenvalue weighted by atomic mass is 10.2. The van der Waals surface area contributed by atoms with Crippen LogP contribution in [0, 0.1) is 11.3 Å². The van der Waals surface area contributed by atoms with Crippen LogP contribution in [0.25, 0.3) is 0 Å². The van der Waals surface area contributed by atoms with Gasteiger partial charge in [-0.05, 0) is 18.2 Å². The first-order valence-electron chi connectivity index (χ1n) is 5.53. The van der Waals surface area contributed by atoms with Crippen molar-refractivity contribution in [1.29, 1.82) is 5.26 Å². The normalized spacial score (nSPS) is 9.74. The average Bonchev–Trinajstić information content (AvgIpc) is 2.46. The lowest BCUT2D eigenvalue weighted by molar-refractivity contribution is 0.410. The first kappa shape index (κ1) is 13.1. The SMILES string of the molecule is COc1cccc(Cl)c1CNc1nccc(C#N)n1. The molecule has 0 aliphatic rings. The Labute approximate surface area is 115 Å². The molecule has 0 radical (unpaired) electrons. The molecule has 2 rings (SSSR count). The summed E-state index contributed by atoms with van der Waals surface area (Å²) in [5.74, 6) is 1.07. The number of halogens is 1. The standard InChI is InChI=1S/C13H11ClN4O/c1-19-12-4-2-3-11(14)10(12)8-17-13-16-6-5-9(7-15)18-13/h2-6H,8H2,1H3,(H,16,17,18). The number of rotatable bonds is 4. The third-order valence-electron chi connectivity index (χ3n) is 2.49. The molecule has 2 aromatic rings. The van der Waals surface area contributed by atoms with Gasteiger partial charge in [-0.3, -0.25) is 0 Å². The number of nitriles is 1. The van der Waals surface area contributed by atoms with Crippen LogP contribution in [0.15, 0.2) is 30.5 Å². The predicted molar refractivity (Wildman–Crippen MR) is 72.1 cm³/mol. The zero-order valence-electron chi connectivity index (χ0n) is 10.2. The fourth-order valence-electron chi connectivity index (χ4n) is 1.58. The Kier molecular flexibility index (Phi) is 4.16. The molecule has 19 heavy (non-hydrogen) atoms. The average molecular weight is 275 g/mol. The summed E-state index contributed by atoms with van der Waals surface area (Å²) in [6.45, 7) is 0.414. The summed E-state index contributed by atoms with van der Waals surface area (Å²) < 4.78 is 5.24. The number of aromatic nitrogens is 2. The van der Waals surface area contributed by atoms with E-state index in [1.54, 1.807) is 19.2 Å². The second-order valence-electron chi connectivity index (χ2n) is 3.65. The van der Waals surface area contributed by atoms with Gasteiger partial charge in [0.05, 0.1) is 7.11 Å². The zero-order valence-corrected chi connectivity index (χ0v) is 11.0. The lowest BCUT2D eigenvalue weighted by Gasteiger charge is -2.11. The first-order chi connectivity index (χ1) is 9.24. The molecule has 1 heterocycles. The summed E-state index contributed by atoms with van der Waals surface area (Å²) in [4.78, 5) is 8.05. The highest BCUT2D eigenvalue weighted by Crippen LogP contribution is 2.26. The number of nitrogens with zero attached hydrogens (tertiary/aromatic N) is 3. The summed E-state index contributed by atoms with van der Waals surface area (Å²) in [6, 6.07) is 8.93. The van der Waals surface area contributed by atoms with Crippen LogP contribution in [0.1, 0.15) is 11.3 Å². The van der Waals surface area contributed by atoms with E-state index in [1.807, 2.05) is 18.2 Å². The topological polar surface area (TPSA) is 70.8 Å². The first-order valence-corrected chi connectivity index (χ1v) is 5.91. The van der Waals surface area contributed by atoms with Crippen molar-refractivity contribution in [2.24, 2.45) is 0 Å². The molecule has 1 aromatic heterocycles. The summed E-state index contributed by atoms with van der Waals surface area (Å²) in [5, 5.41) is 12.4. The highest BCUT2D eigenvalue weighted by molar-refractivity contribution is 6.31. The van der Waals surface area contributed by atoms with Crippen molar-refractivity contribution in [3.63, 3.8) is 0 Å². The molecule has 0 saturated carbocycles. The van der Waals surface area contributed by atoms with Gasteiger partial charge >= 0.3 is 0 Å². The number of nitrogens with one attached hydrogen (secondary N) is 1. The fraction of sp³-hybridized carbons (Fsp3) is 0.154. The van der Waals surface area contributed by atoms with Crippen LogP contribution in [-0.4, -0.2) is 17.1 Å². The third-order valence-corrected chi connectivity index (χ3v) is 2.84. The van der Waals surface area contributed by atoms with E-state index in [-0.39, 0.29) is 0 Å². The van der Waals surface area contributed by atoms with Crippen molar-refractivity contribution >= 4 is 17.5 Å². The molecule has 0 aliphatic carbocycles. The molecule has 96 valence electrons. The maximum atomic E-state index is 8.76. The van der Waals surface area contributed by atoms with Gasteiger partial charge in [0.2, 0.25) is 5.95 Å². The maximum absolute atomic E-state index is 8.76. The Morgan fingerprint density at radius 1 is 1.42 bits per heavy atom. The van der Waals surface area contributed by atoms with Gasteiger partial charge in [0.25, 0.3) is 0 Å². The summed E-state index contributed by atoms with van der Waals surface area (Å²) in [5.41, 5.74) is 1.13. The molecule has 5 nitrogen and oxygen atoms in total. The van der Waals surface area contributed by atoms with E-state index in [2.05, 4.69) is 15.3 Å². The van der Waals surface area contributed by atoms with Crippen LogP contribution >= 0.6 is 11.6 Å². The molecule has 0 amide bonds. The molecular formula is C13H11ClN4O. The Balaban J connectivity index is 2.17. The molecule has 0 aliphatic heterocycles. The predicted octanol–water partition coefficient (Wildman–Crippen LogP) is 2.62. The Bertz CT molecular complexity index is 624.